The van der Waals surface area contributed by atoms with E-state index in [0.29, 0.717) is 17.2 Å². The number of halogens is 3. The van der Waals surface area contributed by atoms with Crippen molar-refractivity contribution in [2.24, 2.45) is 4.99 Å². The van der Waals surface area contributed by atoms with E-state index in [1.54, 1.807) is 31.3 Å². The third-order valence-corrected chi connectivity index (χ3v) is 3.15. The van der Waals surface area contributed by atoms with E-state index in [4.69, 9.17) is 0 Å². The molecule has 0 aliphatic heterocycles. The smallest absolute Gasteiger partial charge is 0.243 e. The van der Waals surface area contributed by atoms with Gasteiger partial charge in [0, 0.05) is 24.8 Å². The van der Waals surface area contributed by atoms with Crippen molar-refractivity contribution in [2.75, 3.05) is 18.9 Å². The van der Waals surface area contributed by atoms with Gasteiger partial charge in [0.15, 0.2) is 5.96 Å². The van der Waals surface area contributed by atoms with Crippen LogP contribution >= 0.6 is 24.0 Å². The molecule has 0 spiro atoms. The number of benzene rings is 2. The highest BCUT2D eigenvalue weighted by Gasteiger charge is 2.06. The molecule has 8 heteroatoms. The number of anilines is 1. The molecule has 3 N–H and O–H groups in total. The van der Waals surface area contributed by atoms with Crippen LogP contribution in [0.15, 0.2) is 53.5 Å². The van der Waals surface area contributed by atoms with Crippen molar-refractivity contribution in [3.05, 3.63) is 65.7 Å². The quantitative estimate of drug-likeness (QED) is 0.366. The first-order chi connectivity index (χ1) is 11.6. The molecule has 134 valence electrons. The largest absolute Gasteiger partial charge is 0.352 e. The summed E-state index contributed by atoms with van der Waals surface area (Å²) < 4.78 is 26.6. The molecule has 0 fully saturated rings. The zero-order chi connectivity index (χ0) is 17.4. The highest BCUT2D eigenvalue weighted by Crippen LogP contribution is 2.08. The Labute approximate surface area is 161 Å². The normalized spacial score (nSPS) is 10.6. The van der Waals surface area contributed by atoms with Crippen molar-refractivity contribution in [2.45, 2.75) is 6.54 Å². The third-order valence-electron chi connectivity index (χ3n) is 3.15. The maximum atomic E-state index is 13.5. The average molecular weight is 460 g/mol. The van der Waals surface area contributed by atoms with E-state index in [2.05, 4.69) is 20.9 Å². The Kier molecular flexibility index (Phi) is 8.82. The van der Waals surface area contributed by atoms with Gasteiger partial charge < -0.3 is 16.0 Å². The molecule has 2 aromatic carbocycles. The molecule has 0 aromatic heterocycles. The van der Waals surface area contributed by atoms with Gasteiger partial charge in [0.2, 0.25) is 5.91 Å². The summed E-state index contributed by atoms with van der Waals surface area (Å²) in [6.07, 6.45) is 0. The minimum atomic E-state index is -0.428. The predicted octanol–water partition coefficient (Wildman–Crippen LogP) is 2.89. The second kappa shape index (κ2) is 10.6. The number of hydrogen-bond donors (Lipinski definition) is 3. The minimum Gasteiger partial charge on any atom is -0.352 e. The first-order valence-electron chi connectivity index (χ1n) is 7.32. The molecule has 5 nitrogen and oxygen atoms in total. The monoisotopic (exact) mass is 460 g/mol. The van der Waals surface area contributed by atoms with Crippen molar-refractivity contribution >= 4 is 41.5 Å². The highest BCUT2D eigenvalue weighted by molar-refractivity contribution is 14.0. The summed E-state index contributed by atoms with van der Waals surface area (Å²) in [6.45, 7) is 0.172. The fourth-order valence-electron chi connectivity index (χ4n) is 1.98. The average Bonchev–Trinajstić information content (AvgIpc) is 2.56. The van der Waals surface area contributed by atoms with Crippen LogP contribution in [0.1, 0.15) is 5.56 Å². The van der Waals surface area contributed by atoms with Crippen molar-refractivity contribution in [1.29, 1.82) is 0 Å². The molecule has 2 aromatic rings. The number of nitrogens with one attached hydrogen (secondary N) is 3. The summed E-state index contributed by atoms with van der Waals surface area (Å²) in [5.74, 6) is -0.741. The maximum Gasteiger partial charge on any atom is 0.243 e. The van der Waals surface area contributed by atoms with Crippen molar-refractivity contribution in [3.8, 4) is 0 Å². The molecule has 0 aliphatic carbocycles. The van der Waals surface area contributed by atoms with Crippen LogP contribution in [0.5, 0.6) is 0 Å². The second-order valence-electron chi connectivity index (χ2n) is 4.93. The molecule has 0 aliphatic rings. The van der Waals surface area contributed by atoms with Gasteiger partial charge in [-0.05, 0) is 24.3 Å². The molecule has 0 radical (unpaired) electrons. The Morgan fingerprint density at radius 3 is 2.52 bits per heavy atom. The second-order valence-corrected chi connectivity index (χ2v) is 4.93. The molecule has 0 heterocycles. The molecule has 25 heavy (non-hydrogen) atoms. The van der Waals surface area contributed by atoms with Gasteiger partial charge in [0.25, 0.3) is 0 Å². The van der Waals surface area contributed by atoms with Crippen molar-refractivity contribution in [1.82, 2.24) is 10.6 Å². The molecule has 1 amide bonds. The fraction of sp³-hybridized carbons (Fsp3) is 0.176. The van der Waals surface area contributed by atoms with Crippen LogP contribution < -0.4 is 16.0 Å². The number of rotatable bonds is 5. The molecule has 0 saturated carbocycles. The molecule has 0 unspecified atom stereocenters. The van der Waals surface area contributed by atoms with Crippen LogP contribution in [0.3, 0.4) is 0 Å². The van der Waals surface area contributed by atoms with E-state index < -0.39 is 5.82 Å². The zero-order valence-electron chi connectivity index (χ0n) is 13.6. The first kappa shape index (κ1) is 20.8. The van der Waals surface area contributed by atoms with Crippen LogP contribution in [0.2, 0.25) is 0 Å². The highest BCUT2D eigenvalue weighted by atomic mass is 127. The van der Waals surface area contributed by atoms with Crippen molar-refractivity contribution < 1.29 is 13.6 Å². The molecular formula is C17H19F2IN4O. The van der Waals surface area contributed by atoms with Gasteiger partial charge in [-0.25, -0.2) is 8.78 Å². The van der Waals surface area contributed by atoms with Crippen LogP contribution in [0, 0.1) is 11.6 Å². The fourth-order valence-corrected chi connectivity index (χ4v) is 1.98. The number of aliphatic imine (C=N–C) groups is 1. The number of nitrogens with zero attached hydrogens (tertiary/aromatic N) is 1. The van der Waals surface area contributed by atoms with E-state index in [9.17, 15) is 13.6 Å². The summed E-state index contributed by atoms with van der Waals surface area (Å²) in [7, 11) is 1.54. The van der Waals surface area contributed by atoms with Crippen LogP contribution in [0.4, 0.5) is 14.5 Å². The van der Waals surface area contributed by atoms with Crippen LogP contribution in [0.25, 0.3) is 0 Å². The Morgan fingerprint density at radius 2 is 1.84 bits per heavy atom. The van der Waals surface area contributed by atoms with Gasteiger partial charge in [-0.3, -0.25) is 9.79 Å². The SMILES string of the molecule is CN=C(NCC(=O)Nc1cccc(F)c1)NCc1ccccc1F.I. The number of guanidine groups is 1. The van der Waals surface area contributed by atoms with E-state index in [-0.39, 0.29) is 48.8 Å². The zero-order valence-corrected chi connectivity index (χ0v) is 15.9. The predicted molar refractivity (Wildman–Crippen MR) is 105 cm³/mol. The lowest BCUT2D eigenvalue weighted by Crippen LogP contribution is -2.41. The third kappa shape index (κ3) is 7.04. The molecule has 0 saturated heterocycles. The van der Waals surface area contributed by atoms with E-state index in [1.807, 2.05) is 0 Å². The lowest BCUT2D eigenvalue weighted by Gasteiger charge is -2.12. The summed E-state index contributed by atoms with van der Waals surface area (Å²) in [6, 6.07) is 12.0. The summed E-state index contributed by atoms with van der Waals surface area (Å²) in [4.78, 5) is 15.8. The molecule has 0 bridgehead atoms. The van der Waals surface area contributed by atoms with E-state index >= 15 is 0 Å². The van der Waals surface area contributed by atoms with Gasteiger partial charge in [-0.1, -0.05) is 24.3 Å². The number of amides is 1. The topological polar surface area (TPSA) is 65.5 Å². The van der Waals surface area contributed by atoms with Gasteiger partial charge >= 0.3 is 0 Å². The lowest BCUT2D eigenvalue weighted by molar-refractivity contribution is -0.115. The number of hydrogen-bond acceptors (Lipinski definition) is 2. The van der Waals surface area contributed by atoms with E-state index in [0.717, 1.165) is 0 Å². The summed E-state index contributed by atoms with van der Waals surface area (Å²) >= 11 is 0. The Morgan fingerprint density at radius 1 is 1.08 bits per heavy atom. The first-order valence-corrected chi connectivity index (χ1v) is 7.32. The van der Waals surface area contributed by atoms with Crippen LogP contribution in [-0.4, -0.2) is 25.5 Å². The van der Waals surface area contributed by atoms with Crippen LogP contribution in [-0.2, 0) is 11.3 Å². The van der Waals surface area contributed by atoms with Gasteiger partial charge in [-0.2, -0.15) is 0 Å². The standard InChI is InChI=1S/C17H18F2N4O.HI/c1-20-17(21-10-12-5-2-3-8-15(12)19)22-11-16(24)23-14-7-4-6-13(18)9-14;/h2-9H,10-11H2,1H3,(H,23,24)(H2,20,21,22);1H. The van der Waals surface area contributed by atoms with Gasteiger partial charge in [-0.15, -0.1) is 24.0 Å². The summed E-state index contributed by atoms with van der Waals surface area (Å²) in [5.41, 5.74) is 0.862. The Hall–Kier alpha value is -2.23. The maximum absolute atomic E-state index is 13.5. The number of carbonyl (C=O) groups is 1. The van der Waals surface area contributed by atoms with Gasteiger partial charge in [0.05, 0.1) is 6.54 Å². The molecule has 0 atom stereocenters. The molecule has 2 rings (SSSR count). The van der Waals surface area contributed by atoms with E-state index in [1.165, 1.54) is 24.3 Å². The molecular weight excluding hydrogens is 441 g/mol. The number of carbonyl (C=O) groups excluding carboxylic acids is 1. The van der Waals surface area contributed by atoms with Crippen molar-refractivity contribution in [3.63, 3.8) is 0 Å². The Balaban J connectivity index is 0.00000312. The lowest BCUT2D eigenvalue weighted by atomic mass is 10.2. The summed E-state index contributed by atoms with van der Waals surface area (Å²) in [5, 5.41) is 8.28. The minimum absolute atomic E-state index is 0. The Bertz CT molecular complexity index is 740. The van der Waals surface area contributed by atoms with Gasteiger partial charge in [0.1, 0.15) is 11.6 Å².